The number of carbonyl (C=O) groups excluding carboxylic acids is 1. The summed E-state index contributed by atoms with van der Waals surface area (Å²) in [6, 6.07) is 0. The molecule has 0 radical (unpaired) electrons. The quantitative estimate of drug-likeness (QED) is 0.481. The van der Waals surface area contributed by atoms with Crippen LogP contribution in [0.25, 0.3) is 0 Å². The number of aldehydes is 1. The zero-order valence-corrected chi connectivity index (χ0v) is 3.72. The van der Waals surface area contributed by atoms with E-state index in [1.165, 1.54) is 0 Å². The summed E-state index contributed by atoms with van der Waals surface area (Å²) in [5.74, 6) is 0. The summed E-state index contributed by atoms with van der Waals surface area (Å²) < 4.78 is 0. The Hall–Kier alpha value is -0.370. The third-order valence-corrected chi connectivity index (χ3v) is 0.575. The molecule has 6 heavy (non-hydrogen) atoms. The van der Waals surface area contributed by atoms with Crippen molar-refractivity contribution in [3.05, 3.63) is 0 Å². The zero-order chi connectivity index (χ0) is 4.99. The summed E-state index contributed by atoms with van der Waals surface area (Å²) in [5.41, 5.74) is 0. The number of carbonyl (C=O) groups is 1. The first kappa shape index (κ1) is 5.63. The van der Waals surface area contributed by atoms with E-state index in [9.17, 15) is 4.79 Å². The number of rotatable bonds is 2. The van der Waals surface area contributed by atoms with Crippen molar-refractivity contribution >= 4 is 6.29 Å². The Morgan fingerprint density at radius 1 is 2.00 bits per heavy atom. The smallest absolute Gasteiger partial charge is 0.148 e. The van der Waals surface area contributed by atoms with E-state index in [-0.39, 0.29) is 0 Å². The van der Waals surface area contributed by atoms with Crippen LogP contribution in [0.3, 0.4) is 0 Å². The molecule has 1 N–H and O–H groups in total. The maximum absolute atomic E-state index is 9.49. The minimum Gasteiger partial charge on any atom is -0.386 e. The molecule has 0 aliphatic heterocycles. The molecule has 0 rings (SSSR count). The monoisotopic (exact) mass is 88.1 g/mol. The first-order valence-corrected chi connectivity index (χ1v) is 1.94. The van der Waals surface area contributed by atoms with Crippen LogP contribution in [0.4, 0.5) is 0 Å². The third kappa shape index (κ3) is 1.91. The van der Waals surface area contributed by atoms with Gasteiger partial charge in [-0.15, -0.1) is 0 Å². The first-order chi connectivity index (χ1) is 2.81. The van der Waals surface area contributed by atoms with E-state index in [0.717, 1.165) is 0 Å². The van der Waals surface area contributed by atoms with Crippen LogP contribution >= 0.6 is 0 Å². The fourth-order valence-corrected chi connectivity index (χ4v) is 0.0962. The Morgan fingerprint density at radius 3 is 2.50 bits per heavy atom. The second-order valence-corrected chi connectivity index (χ2v) is 1.11. The molecule has 0 unspecified atom stereocenters. The molecule has 0 fully saturated rings. The molecule has 0 aromatic heterocycles. The highest BCUT2D eigenvalue weighted by Crippen LogP contribution is 1.79. The largest absolute Gasteiger partial charge is 0.386 e. The molecule has 0 saturated heterocycles. The molecular formula is C4H8O2. The van der Waals surface area contributed by atoms with Crippen molar-refractivity contribution in [1.82, 2.24) is 0 Å². The van der Waals surface area contributed by atoms with Crippen molar-refractivity contribution in [2.24, 2.45) is 0 Å². The van der Waals surface area contributed by atoms with E-state index >= 15 is 0 Å². The van der Waals surface area contributed by atoms with Gasteiger partial charge in [-0.2, -0.15) is 0 Å². The van der Waals surface area contributed by atoms with Gasteiger partial charge in [0.25, 0.3) is 0 Å². The Bertz CT molecular complexity index is 42.8. The van der Waals surface area contributed by atoms with Crippen LogP contribution in [-0.2, 0) is 4.79 Å². The normalized spacial score (nSPS) is 13.7. The molecule has 0 aromatic rings. The molecule has 2 heteroatoms. The minimum atomic E-state index is -0.745. The molecule has 0 saturated carbocycles. The van der Waals surface area contributed by atoms with Crippen molar-refractivity contribution in [1.29, 1.82) is 0 Å². The van der Waals surface area contributed by atoms with Gasteiger partial charge in [0.05, 0.1) is 0 Å². The number of hydrogen-bond donors (Lipinski definition) is 1. The van der Waals surface area contributed by atoms with Gasteiger partial charge in [-0.25, -0.2) is 0 Å². The van der Waals surface area contributed by atoms with Gasteiger partial charge in [-0.05, 0) is 6.42 Å². The molecule has 36 valence electrons. The van der Waals surface area contributed by atoms with Gasteiger partial charge in [0.2, 0.25) is 0 Å². The summed E-state index contributed by atoms with van der Waals surface area (Å²) in [5, 5.41) is 8.30. The standard InChI is InChI=1S/C4H8O2/c1-2-4(6)3-5/h3-4,6H,2H2,1H3/t4-/m0/s1. The SMILES string of the molecule is CC[C@H](O)C=O. The summed E-state index contributed by atoms with van der Waals surface area (Å²) in [4.78, 5) is 9.49. The van der Waals surface area contributed by atoms with Crippen molar-refractivity contribution < 1.29 is 9.90 Å². The van der Waals surface area contributed by atoms with Gasteiger partial charge in [0.1, 0.15) is 12.4 Å². The lowest BCUT2D eigenvalue weighted by Gasteiger charge is -1.89. The predicted octanol–water partition coefficient (Wildman–Crippen LogP) is -0.0438. The number of aliphatic hydroxyl groups excluding tert-OH is 1. The van der Waals surface area contributed by atoms with Gasteiger partial charge < -0.3 is 9.90 Å². The summed E-state index contributed by atoms with van der Waals surface area (Å²) >= 11 is 0. The van der Waals surface area contributed by atoms with Crippen LogP contribution in [0.15, 0.2) is 0 Å². The molecule has 0 bridgehead atoms. The molecule has 2 nitrogen and oxygen atoms in total. The van der Waals surface area contributed by atoms with Crippen LogP contribution in [0, 0.1) is 0 Å². The average Bonchev–Trinajstić information content (AvgIpc) is 1.65. The van der Waals surface area contributed by atoms with Crippen LogP contribution in [0.5, 0.6) is 0 Å². The van der Waals surface area contributed by atoms with Crippen molar-refractivity contribution in [2.75, 3.05) is 0 Å². The van der Waals surface area contributed by atoms with Gasteiger partial charge in [0, 0.05) is 0 Å². The molecule has 0 amide bonds. The lowest BCUT2D eigenvalue weighted by atomic mass is 10.3. The van der Waals surface area contributed by atoms with E-state index in [4.69, 9.17) is 5.11 Å². The molecule has 0 spiro atoms. The Kier molecular flexibility index (Phi) is 2.67. The lowest BCUT2D eigenvalue weighted by Crippen LogP contribution is -2.03. The second kappa shape index (κ2) is 2.85. The van der Waals surface area contributed by atoms with Gasteiger partial charge in [0.15, 0.2) is 0 Å². The summed E-state index contributed by atoms with van der Waals surface area (Å²) in [6.45, 7) is 1.75. The lowest BCUT2D eigenvalue weighted by molar-refractivity contribution is -0.114. The number of aliphatic hydroxyl groups is 1. The van der Waals surface area contributed by atoms with Gasteiger partial charge in [-0.1, -0.05) is 6.92 Å². The van der Waals surface area contributed by atoms with E-state index in [1.54, 1.807) is 6.92 Å². The molecule has 0 heterocycles. The van der Waals surface area contributed by atoms with Crippen LogP contribution in [-0.4, -0.2) is 17.5 Å². The molecule has 0 aliphatic carbocycles. The summed E-state index contributed by atoms with van der Waals surface area (Å²) in [6.07, 6.45) is 0.300. The molecular weight excluding hydrogens is 80.0 g/mol. The molecule has 1 atom stereocenters. The highest BCUT2D eigenvalue weighted by Gasteiger charge is 1.91. The van der Waals surface area contributed by atoms with Crippen molar-refractivity contribution in [2.45, 2.75) is 19.4 Å². The summed E-state index contributed by atoms with van der Waals surface area (Å²) in [7, 11) is 0. The highest BCUT2D eigenvalue weighted by atomic mass is 16.3. The fourth-order valence-electron chi connectivity index (χ4n) is 0.0962. The predicted molar refractivity (Wildman–Crippen MR) is 22.4 cm³/mol. The van der Waals surface area contributed by atoms with Crippen molar-refractivity contribution in [3.8, 4) is 0 Å². The Balaban J connectivity index is 2.96. The topological polar surface area (TPSA) is 37.3 Å². The van der Waals surface area contributed by atoms with Crippen LogP contribution < -0.4 is 0 Å². The minimum absolute atomic E-state index is 0.517. The van der Waals surface area contributed by atoms with Crippen molar-refractivity contribution in [3.63, 3.8) is 0 Å². The van der Waals surface area contributed by atoms with Crippen LogP contribution in [0.2, 0.25) is 0 Å². The van der Waals surface area contributed by atoms with E-state index < -0.39 is 6.10 Å². The van der Waals surface area contributed by atoms with Crippen LogP contribution in [0.1, 0.15) is 13.3 Å². The average molecular weight is 88.1 g/mol. The first-order valence-electron chi connectivity index (χ1n) is 1.94. The van der Waals surface area contributed by atoms with E-state index in [2.05, 4.69) is 0 Å². The van der Waals surface area contributed by atoms with E-state index in [1.807, 2.05) is 0 Å². The Labute approximate surface area is 36.8 Å². The Morgan fingerprint density at radius 2 is 2.50 bits per heavy atom. The second-order valence-electron chi connectivity index (χ2n) is 1.11. The molecule has 0 aliphatic rings. The maximum atomic E-state index is 9.49. The third-order valence-electron chi connectivity index (χ3n) is 0.575. The maximum Gasteiger partial charge on any atom is 0.148 e. The molecule has 0 aromatic carbocycles. The van der Waals surface area contributed by atoms with E-state index in [0.29, 0.717) is 12.7 Å². The highest BCUT2D eigenvalue weighted by molar-refractivity contribution is 5.55. The number of hydrogen-bond acceptors (Lipinski definition) is 2. The van der Waals surface area contributed by atoms with Gasteiger partial charge in [-0.3, -0.25) is 0 Å². The zero-order valence-electron chi connectivity index (χ0n) is 3.72. The fraction of sp³-hybridized carbons (Fsp3) is 0.750. The van der Waals surface area contributed by atoms with Gasteiger partial charge >= 0.3 is 0 Å².